The minimum absolute atomic E-state index is 0.218. The van der Waals surface area contributed by atoms with E-state index in [0.717, 1.165) is 11.7 Å². The molecule has 0 heterocycles. The summed E-state index contributed by atoms with van der Waals surface area (Å²) >= 11 is 1.71. The van der Waals surface area contributed by atoms with Gasteiger partial charge < -0.3 is 5.11 Å². The third-order valence-corrected chi connectivity index (χ3v) is 4.61. The van der Waals surface area contributed by atoms with Crippen molar-refractivity contribution in [2.24, 2.45) is 5.92 Å². The van der Waals surface area contributed by atoms with Crippen LogP contribution in [0.25, 0.3) is 0 Å². The maximum absolute atomic E-state index is 13.1. The van der Waals surface area contributed by atoms with Crippen LogP contribution >= 0.6 is 11.8 Å². The number of thioether (sulfide) groups is 1. The fourth-order valence-corrected chi connectivity index (χ4v) is 3.65. The molecule has 1 aromatic rings. The van der Waals surface area contributed by atoms with Crippen LogP contribution in [0.2, 0.25) is 0 Å². The monoisotopic (exact) mass is 268 g/mol. The lowest BCUT2D eigenvalue weighted by molar-refractivity contribution is 0.0696. The molecular weight excluding hydrogens is 251 g/mol. The molecule has 0 bridgehead atoms. The molecule has 4 heteroatoms. The standard InChI is InChI=1S/C14H17FO2S/c15-12-5-6-13(14(16)17)11(7-12)9-18-8-10-3-1-2-4-10/h5-7,10H,1-4,8-9H2,(H,16,17). The normalized spacial score (nSPS) is 16.1. The lowest BCUT2D eigenvalue weighted by Gasteiger charge is -2.10. The molecule has 1 aliphatic rings. The molecular formula is C14H17FO2S. The van der Waals surface area contributed by atoms with E-state index in [9.17, 15) is 9.18 Å². The van der Waals surface area contributed by atoms with Crippen molar-refractivity contribution in [3.63, 3.8) is 0 Å². The van der Waals surface area contributed by atoms with Crippen molar-refractivity contribution in [1.29, 1.82) is 0 Å². The first-order chi connectivity index (χ1) is 8.66. The van der Waals surface area contributed by atoms with Crippen LogP contribution in [0.15, 0.2) is 18.2 Å². The van der Waals surface area contributed by atoms with Gasteiger partial charge in [-0.3, -0.25) is 0 Å². The molecule has 0 saturated heterocycles. The molecule has 0 aliphatic heterocycles. The third kappa shape index (κ3) is 3.48. The smallest absolute Gasteiger partial charge is 0.335 e. The highest BCUT2D eigenvalue weighted by molar-refractivity contribution is 7.98. The van der Waals surface area contributed by atoms with Crippen LogP contribution in [-0.2, 0) is 5.75 Å². The van der Waals surface area contributed by atoms with E-state index in [1.807, 2.05) is 0 Å². The zero-order valence-corrected chi connectivity index (χ0v) is 11.0. The Balaban J connectivity index is 1.94. The molecule has 2 rings (SSSR count). The first kappa shape index (κ1) is 13.4. The van der Waals surface area contributed by atoms with Crippen molar-refractivity contribution in [3.05, 3.63) is 35.1 Å². The lowest BCUT2D eigenvalue weighted by Crippen LogP contribution is -2.03. The van der Waals surface area contributed by atoms with E-state index in [1.54, 1.807) is 11.8 Å². The van der Waals surface area contributed by atoms with E-state index >= 15 is 0 Å². The Kier molecular flexibility index (Phi) is 4.64. The van der Waals surface area contributed by atoms with Gasteiger partial charge in [-0.1, -0.05) is 12.8 Å². The molecule has 1 aliphatic carbocycles. The van der Waals surface area contributed by atoms with Crippen molar-refractivity contribution in [2.45, 2.75) is 31.4 Å². The maximum Gasteiger partial charge on any atom is 0.335 e. The van der Waals surface area contributed by atoms with Crippen molar-refractivity contribution in [2.75, 3.05) is 5.75 Å². The summed E-state index contributed by atoms with van der Waals surface area (Å²) in [6.45, 7) is 0. The first-order valence-corrected chi connectivity index (χ1v) is 7.42. The predicted molar refractivity (Wildman–Crippen MR) is 71.5 cm³/mol. The van der Waals surface area contributed by atoms with Crippen molar-refractivity contribution in [1.82, 2.24) is 0 Å². The van der Waals surface area contributed by atoms with Gasteiger partial charge in [0.1, 0.15) is 5.82 Å². The minimum Gasteiger partial charge on any atom is -0.478 e. The summed E-state index contributed by atoms with van der Waals surface area (Å²) < 4.78 is 13.1. The summed E-state index contributed by atoms with van der Waals surface area (Å²) in [6.07, 6.45) is 5.18. The zero-order chi connectivity index (χ0) is 13.0. The topological polar surface area (TPSA) is 37.3 Å². The second kappa shape index (κ2) is 6.23. The van der Waals surface area contributed by atoms with E-state index in [-0.39, 0.29) is 11.4 Å². The zero-order valence-electron chi connectivity index (χ0n) is 10.2. The number of benzene rings is 1. The summed E-state index contributed by atoms with van der Waals surface area (Å²) in [5, 5.41) is 9.04. The van der Waals surface area contributed by atoms with Gasteiger partial charge in [-0.25, -0.2) is 9.18 Å². The molecule has 1 fully saturated rings. The SMILES string of the molecule is O=C(O)c1ccc(F)cc1CSCC1CCCC1. The highest BCUT2D eigenvalue weighted by atomic mass is 32.2. The quantitative estimate of drug-likeness (QED) is 0.878. The van der Waals surface area contributed by atoms with E-state index in [0.29, 0.717) is 11.3 Å². The molecule has 0 aromatic heterocycles. The number of carboxylic acid groups (broad SMARTS) is 1. The average molecular weight is 268 g/mol. The molecule has 1 saturated carbocycles. The van der Waals surface area contributed by atoms with Gasteiger partial charge in [0, 0.05) is 5.75 Å². The lowest BCUT2D eigenvalue weighted by atomic mass is 10.1. The molecule has 18 heavy (non-hydrogen) atoms. The predicted octanol–water partition coefficient (Wildman–Crippen LogP) is 3.95. The van der Waals surface area contributed by atoms with Crippen molar-refractivity contribution >= 4 is 17.7 Å². The van der Waals surface area contributed by atoms with Crippen LogP contribution in [0.3, 0.4) is 0 Å². The van der Waals surface area contributed by atoms with Gasteiger partial charge >= 0.3 is 5.97 Å². The van der Waals surface area contributed by atoms with Crippen LogP contribution in [-0.4, -0.2) is 16.8 Å². The number of rotatable bonds is 5. The summed E-state index contributed by atoms with van der Waals surface area (Å²) in [5.41, 5.74) is 0.806. The van der Waals surface area contributed by atoms with Gasteiger partial charge in [-0.15, -0.1) is 0 Å². The Labute approximate surface area is 111 Å². The Hall–Kier alpha value is -1.03. The number of carboxylic acids is 1. The molecule has 2 nitrogen and oxygen atoms in total. The second-order valence-corrected chi connectivity index (χ2v) is 5.80. The van der Waals surface area contributed by atoms with E-state index in [4.69, 9.17) is 5.11 Å². The average Bonchev–Trinajstić information content (AvgIpc) is 2.82. The molecule has 0 unspecified atom stereocenters. The van der Waals surface area contributed by atoms with Crippen molar-refractivity contribution in [3.8, 4) is 0 Å². The number of hydrogen-bond donors (Lipinski definition) is 1. The van der Waals surface area contributed by atoms with E-state index in [2.05, 4.69) is 0 Å². The molecule has 98 valence electrons. The number of hydrogen-bond acceptors (Lipinski definition) is 2. The molecule has 1 N–H and O–H groups in total. The van der Waals surface area contributed by atoms with Crippen LogP contribution in [0.1, 0.15) is 41.6 Å². The van der Waals surface area contributed by atoms with Crippen molar-refractivity contribution < 1.29 is 14.3 Å². The fourth-order valence-electron chi connectivity index (χ4n) is 2.40. The van der Waals surface area contributed by atoms with E-state index < -0.39 is 5.97 Å². The van der Waals surface area contributed by atoms with Crippen LogP contribution in [0.4, 0.5) is 4.39 Å². The maximum atomic E-state index is 13.1. The second-order valence-electron chi connectivity index (χ2n) is 4.77. The largest absolute Gasteiger partial charge is 0.478 e. The van der Waals surface area contributed by atoms with Gasteiger partial charge in [-0.05, 0) is 48.3 Å². The highest BCUT2D eigenvalue weighted by Gasteiger charge is 2.16. The number of carbonyl (C=O) groups is 1. The van der Waals surface area contributed by atoms with Gasteiger partial charge in [0.2, 0.25) is 0 Å². The molecule has 0 spiro atoms. The van der Waals surface area contributed by atoms with Gasteiger partial charge in [0.15, 0.2) is 0 Å². The van der Waals surface area contributed by atoms with Crippen LogP contribution < -0.4 is 0 Å². The Morgan fingerprint density at radius 3 is 2.78 bits per heavy atom. The van der Waals surface area contributed by atoms with Gasteiger partial charge in [-0.2, -0.15) is 11.8 Å². The number of halogens is 1. The van der Waals surface area contributed by atoms with Crippen LogP contribution in [0, 0.1) is 11.7 Å². The van der Waals surface area contributed by atoms with Gasteiger partial charge in [0.05, 0.1) is 5.56 Å². The Morgan fingerprint density at radius 1 is 1.39 bits per heavy atom. The summed E-state index contributed by atoms with van der Waals surface area (Å²) in [6, 6.07) is 3.89. The van der Waals surface area contributed by atoms with Crippen LogP contribution in [0.5, 0.6) is 0 Å². The minimum atomic E-state index is -0.980. The summed E-state index contributed by atoms with van der Waals surface area (Å²) in [5.74, 6) is 1.05. The summed E-state index contributed by atoms with van der Waals surface area (Å²) in [7, 11) is 0. The third-order valence-electron chi connectivity index (χ3n) is 3.38. The van der Waals surface area contributed by atoms with E-state index in [1.165, 1.54) is 43.9 Å². The molecule has 0 radical (unpaired) electrons. The molecule has 1 aromatic carbocycles. The fraction of sp³-hybridized carbons (Fsp3) is 0.500. The molecule has 0 amide bonds. The van der Waals surface area contributed by atoms with Gasteiger partial charge in [0.25, 0.3) is 0 Å². The highest BCUT2D eigenvalue weighted by Crippen LogP contribution is 2.29. The number of aromatic carboxylic acids is 1. The summed E-state index contributed by atoms with van der Waals surface area (Å²) in [4.78, 5) is 11.0. The molecule has 0 atom stereocenters. The first-order valence-electron chi connectivity index (χ1n) is 6.26. The Bertz CT molecular complexity index is 428. The Morgan fingerprint density at radius 2 is 2.11 bits per heavy atom.